The van der Waals surface area contributed by atoms with Crippen LogP contribution in [0.2, 0.25) is 0 Å². The zero-order valence-electron chi connectivity index (χ0n) is 19.7. The molecule has 4 aliphatic carbocycles. The first kappa shape index (κ1) is 22.1. The Bertz CT molecular complexity index is 926. The maximum atomic E-state index is 13.3. The van der Waals surface area contributed by atoms with Crippen molar-refractivity contribution in [3.05, 3.63) is 11.9 Å². The van der Waals surface area contributed by atoms with Crippen molar-refractivity contribution in [2.24, 2.45) is 46.2 Å². The van der Waals surface area contributed by atoms with Crippen LogP contribution in [0, 0.1) is 40.4 Å². The Balaban J connectivity index is 1.32. The second-order valence-electron chi connectivity index (χ2n) is 12.1. The molecule has 7 nitrogen and oxygen atoms in total. The summed E-state index contributed by atoms with van der Waals surface area (Å²) in [5.74, 6) is 2.24. The molecular formula is C25H38N4O3. The largest absolute Gasteiger partial charge is 0.390 e. The number of carbonyl (C=O) groups is 2. The molecule has 32 heavy (non-hydrogen) atoms. The fraction of sp³-hybridized carbons (Fsp3) is 0.840. The molecule has 1 amide bonds. The van der Waals surface area contributed by atoms with Crippen LogP contribution in [-0.2, 0) is 11.3 Å². The lowest BCUT2D eigenvalue weighted by molar-refractivity contribution is -0.151. The van der Waals surface area contributed by atoms with Gasteiger partial charge < -0.3 is 10.8 Å². The van der Waals surface area contributed by atoms with Gasteiger partial charge in [-0.15, -0.1) is 5.10 Å². The number of rotatable bonds is 4. The SMILES string of the molecule is C[C@@]1(O)CC[C@@]2(C)[C@H](CC[C@@H]3[C@@H]2CC[C@]2(C)C(C(=O)Cn4ncc(C(N)=O)n4)CC[C@@H]32)C1. The molecule has 4 fully saturated rings. The molecule has 4 aliphatic rings. The van der Waals surface area contributed by atoms with E-state index in [1.165, 1.54) is 30.3 Å². The third kappa shape index (κ3) is 3.34. The normalized spacial score (nSPS) is 45.6. The molecule has 5 rings (SSSR count). The Hall–Kier alpha value is -1.76. The van der Waals surface area contributed by atoms with E-state index in [0.717, 1.165) is 44.4 Å². The summed E-state index contributed by atoms with van der Waals surface area (Å²) in [5.41, 5.74) is 5.25. The maximum Gasteiger partial charge on any atom is 0.270 e. The summed E-state index contributed by atoms with van der Waals surface area (Å²) in [5, 5.41) is 18.8. The van der Waals surface area contributed by atoms with Crippen molar-refractivity contribution in [3.8, 4) is 0 Å². The molecule has 0 bridgehead atoms. The number of amides is 1. The van der Waals surface area contributed by atoms with Crippen LogP contribution in [0.1, 0.15) is 89.0 Å². The lowest BCUT2D eigenvalue weighted by Gasteiger charge is -2.61. The van der Waals surface area contributed by atoms with E-state index in [9.17, 15) is 14.7 Å². The Morgan fingerprint density at radius 2 is 1.81 bits per heavy atom. The molecule has 176 valence electrons. The van der Waals surface area contributed by atoms with Crippen LogP contribution in [0.3, 0.4) is 0 Å². The van der Waals surface area contributed by atoms with Crippen molar-refractivity contribution in [2.45, 2.75) is 90.7 Å². The Morgan fingerprint density at radius 1 is 1.06 bits per heavy atom. The van der Waals surface area contributed by atoms with Crippen LogP contribution < -0.4 is 5.73 Å². The van der Waals surface area contributed by atoms with Crippen molar-refractivity contribution >= 4 is 11.7 Å². The number of aliphatic hydroxyl groups is 1. The van der Waals surface area contributed by atoms with Gasteiger partial charge in [-0.05, 0) is 99.2 Å². The predicted octanol–water partition coefficient (Wildman–Crippen LogP) is 3.36. The minimum Gasteiger partial charge on any atom is -0.390 e. The van der Waals surface area contributed by atoms with E-state index in [2.05, 4.69) is 24.0 Å². The topological polar surface area (TPSA) is 111 Å². The van der Waals surface area contributed by atoms with Crippen molar-refractivity contribution in [1.29, 1.82) is 0 Å². The van der Waals surface area contributed by atoms with Crippen molar-refractivity contribution in [2.75, 3.05) is 0 Å². The number of primary amides is 1. The highest BCUT2D eigenvalue weighted by Gasteiger charge is 2.61. The minimum atomic E-state index is -0.622. The van der Waals surface area contributed by atoms with Crippen LogP contribution in [0.4, 0.5) is 0 Å². The maximum absolute atomic E-state index is 13.3. The number of fused-ring (bicyclic) bond motifs is 5. The van der Waals surface area contributed by atoms with E-state index in [1.807, 2.05) is 6.92 Å². The van der Waals surface area contributed by atoms with Gasteiger partial charge in [-0.2, -0.15) is 9.90 Å². The molecule has 0 saturated heterocycles. The molecule has 0 aliphatic heterocycles. The number of Topliss-reactive ketones (excluding diaryl/α,β-unsaturated/α-hetero) is 1. The number of hydrogen-bond donors (Lipinski definition) is 2. The molecular weight excluding hydrogens is 404 g/mol. The first-order valence-corrected chi connectivity index (χ1v) is 12.5. The van der Waals surface area contributed by atoms with Crippen molar-refractivity contribution in [1.82, 2.24) is 15.0 Å². The van der Waals surface area contributed by atoms with Gasteiger partial charge in [0.25, 0.3) is 5.91 Å². The molecule has 4 saturated carbocycles. The van der Waals surface area contributed by atoms with Gasteiger partial charge in [0.15, 0.2) is 11.5 Å². The van der Waals surface area contributed by atoms with Gasteiger partial charge in [-0.25, -0.2) is 0 Å². The number of ketones is 1. The van der Waals surface area contributed by atoms with Crippen LogP contribution in [0.25, 0.3) is 0 Å². The first-order chi connectivity index (χ1) is 15.0. The van der Waals surface area contributed by atoms with Crippen LogP contribution in [0.15, 0.2) is 6.20 Å². The molecule has 1 aromatic heterocycles. The molecule has 1 unspecified atom stereocenters. The van der Waals surface area contributed by atoms with E-state index < -0.39 is 11.5 Å². The summed E-state index contributed by atoms with van der Waals surface area (Å²) < 4.78 is 0. The summed E-state index contributed by atoms with van der Waals surface area (Å²) in [6, 6.07) is 0. The lowest BCUT2D eigenvalue weighted by Crippen LogP contribution is -2.55. The summed E-state index contributed by atoms with van der Waals surface area (Å²) in [6.07, 6.45) is 11.2. The van der Waals surface area contributed by atoms with Crippen molar-refractivity contribution < 1.29 is 14.7 Å². The van der Waals surface area contributed by atoms with Gasteiger partial charge in [0, 0.05) is 5.92 Å². The number of carbonyl (C=O) groups excluding carboxylic acids is 2. The third-order valence-corrected chi connectivity index (χ3v) is 10.4. The Labute approximate surface area is 190 Å². The van der Waals surface area contributed by atoms with E-state index >= 15 is 0 Å². The number of nitrogens with zero attached hydrogens (tertiary/aromatic N) is 3. The second-order valence-corrected chi connectivity index (χ2v) is 12.1. The van der Waals surface area contributed by atoms with E-state index in [1.54, 1.807) is 0 Å². The Kier molecular flexibility index (Phi) is 5.08. The van der Waals surface area contributed by atoms with E-state index in [0.29, 0.717) is 23.2 Å². The summed E-state index contributed by atoms with van der Waals surface area (Å²) >= 11 is 0. The zero-order valence-corrected chi connectivity index (χ0v) is 19.7. The molecule has 0 aromatic carbocycles. The fourth-order valence-corrected chi connectivity index (χ4v) is 8.70. The van der Waals surface area contributed by atoms with E-state index in [4.69, 9.17) is 5.73 Å². The third-order valence-electron chi connectivity index (χ3n) is 10.4. The van der Waals surface area contributed by atoms with Crippen molar-refractivity contribution in [3.63, 3.8) is 0 Å². The molecule has 1 aromatic rings. The molecule has 3 N–H and O–H groups in total. The Morgan fingerprint density at radius 3 is 2.53 bits per heavy atom. The molecule has 0 spiro atoms. The second kappa shape index (κ2) is 7.37. The highest BCUT2D eigenvalue weighted by molar-refractivity contribution is 5.90. The van der Waals surface area contributed by atoms with Gasteiger partial charge in [-0.3, -0.25) is 9.59 Å². The van der Waals surface area contributed by atoms with Gasteiger partial charge in [-0.1, -0.05) is 13.8 Å². The minimum absolute atomic E-state index is 0.0362. The summed E-state index contributed by atoms with van der Waals surface area (Å²) in [7, 11) is 0. The molecule has 8 atom stereocenters. The van der Waals surface area contributed by atoms with Gasteiger partial charge >= 0.3 is 0 Å². The standard InChI is InChI=1S/C25H38N4O3/c1-23(32)10-11-24(2)15(12-23)4-5-16-17-6-7-19(25(17,3)9-8-18(16)24)21(30)14-29-27-13-20(28-29)22(26)31/h13,15-19,32H,4-12,14H2,1-3H3,(H2,26,31)/t15-,16+,17+,18+,19?,23-,24+,25+/m1/s1. The smallest absolute Gasteiger partial charge is 0.270 e. The number of aromatic nitrogens is 3. The highest BCUT2D eigenvalue weighted by atomic mass is 16.3. The average Bonchev–Trinajstić information content (AvgIpc) is 3.32. The van der Waals surface area contributed by atoms with Crippen LogP contribution in [0.5, 0.6) is 0 Å². The quantitative estimate of drug-likeness (QED) is 0.743. The highest BCUT2D eigenvalue weighted by Crippen LogP contribution is 2.68. The monoisotopic (exact) mass is 442 g/mol. The zero-order chi connectivity index (χ0) is 22.9. The average molecular weight is 443 g/mol. The van der Waals surface area contributed by atoms with Crippen LogP contribution in [-0.4, -0.2) is 37.4 Å². The number of nitrogens with two attached hydrogens (primary N) is 1. The molecule has 7 heteroatoms. The number of hydrogen-bond acceptors (Lipinski definition) is 5. The van der Waals surface area contributed by atoms with Gasteiger partial charge in [0.05, 0.1) is 11.8 Å². The predicted molar refractivity (Wildman–Crippen MR) is 119 cm³/mol. The first-order valence-electron chi connectivity index (χ1n) is 12.5. The molecule has 0 radical (unpaired) electrons. The van der Waals surface area contributed by atoms with Gasteiger partial charge in [0.2, 0.25) is 0 Å². The lowest BCUT2D eigenvalue weighted by atomic mass is 9.44. The van der Waals surface area contributed by atoms with Gasteiger partial charge in [0.1, 0.15) is 6.54 Å². The van der Waals surface area contributed by atoms with E-state index in [-0.39, 0.29) is 29.4 Å². The fourth-order valence-electron chi connectivity index (χ4n) is 8.70. The van der Waals surface area contributed by atoms with Crippen LogP contribution >= 0.6 is 0 Å². The summed E-state index contributed by atoms with van der Waals surface area (Å²) in [4.78, 5) is 26.0. The summed E-state index contributed by atoms with van der Waals surface area (Å²) in [6.45, 7) is 6.99. The molecule has 1 heterocycles.